The lowest BCUT2D eigenvalue weighted by Gasteiger charge is -2.37. The van der Waals surface area contributed by atoms with Crippen LogP contribution in [0.3, 0.4) is 0 Å². The zero-order valence-electron chi connectivity index (χ0n) is 20.0. The van der Waals surface area contributed by atoms with Crippen molar-refractivity contribution in [2.45, 2.75) is 26.0 Å². The predicted octanol–water partition coefficient (Wildman–Crippen LogP) is 3.50. The normalized spacial score (nSPS) is 18.7. The number of likely N-dealkylation sites (N-methyl/N-ethyl adjacent to an activating group) is 1. The fourth-order valence-corrected chi connectivity index (χ4v) is 4.76. The van der Waals surface area contributed by atoms with Gasteiger partial charge in [0, 0.05) is 41.7 Å². The van der Waals surface area contributed by atoms with Gasteiger partial charge in [-0.25, -0.2) is 4.98 Å². The Morgan fingerprint density at radius 3 is 2.71 bits per heavy atom. The number of para-hydroxylation sites is 1. The minimum absolute atomic E-state index is 0.00397. The van der Waals surface area contributed by atoms with E-state index in [2.05, 4.69) is 15.6 Å². The van der Waals surface area contributed by atoms with Crippen molar-refractivity contribution < 1.29 is 19.4 Å². The minimum atomic E-state index is -0.347. The highest BCUT2D eigenvalue weighted by Crippen LogP contribution is 2.35. The van der Waals surface area contributed by atoms with Crippen LogP contribution in [0.15, 0.2) is 54.0 Å². The molecule has 1 aliphatic rings. The van der Waals surface area contributed by atoms with Gasteiger partial charge in [-0.3, -0.25) is 9.59 Å². The Morgan fingerprint density at radius 2 is 2.06 bits per heavy atom. The van der Waals surface area contributed by atoms with E-state index in [-0.39, 0.29) is 36.5 Å². The molecule has 8 nitrogen and oxygen atoms in total. The highest BCUT2D eigenvalue weighted by molar-refractivity contribution is 7.13. The number of aliphatic hydroxyl groups is 1. The number of amides is 2. The Kier molecular flexibility index (Phi) is 7.80. The molecule has 0 radical (unpaired) electrons. The maximum absolute atomic E-state index is 13.5. The molecular formula is C26H30N4O4S. The first kappa shape index (κ1) is 24.8. The van der Waals surface area contributed by atoms with Gasteiger partial charge < -0.3 is 25.4 Å². The Labute approximate surface area is 209 Å². The summed E-state index contributed by atoms with van der Waals surface area (Å²) in [6.45, 7) is 4.72. The molecule has 184 valence electrons. The summed E-state index contributed by atoms with van der Waals surface area (Å²) in [5.41, 5.74) is 2.21. The lowest BCUT2D eigenvalue weighted by Crippen LogP contribution is -2.49. The number of aliphatic hydroxyl groups excluding tert-OH is 1. The van der Waals surface area contributed by atoms with E-state index in [1.165, 1.54) is 11.3 Å². The molecule has 0 saturated carbocycles. The molecule has 2 aromatic carbocycles. The van der Waals surface area contributed by atoms with Crippen LogP contribution in [0, 0.1) is 5.92 Å². The third kappa shape index (κ3) is 5.37. The average molecular weight is 495 g/mol. The SMILES string of the molecule is CNC[C@H]1Oc2c(NC(=O)c3ccc(-c4nccs4)cc3)cccc2C(=O)N([C@@H](C)CO)C[C@@H]1C. The highest BCUT2D eigenvalue weighted by atomic mass is 32.1. The number of fused-ring (bicyclic) bond motifs is 1. The second-order valence-corrected chi connectivity index (χ2v) is 9.63. The molecule has 3 N–H and O–H groups in total. The molecule has 0 bridgehead atoms. The average Bonchev–Trinajstić information content (AvgIpc) is 3.41. The number of nitrogens with one attached hydrogen (secondary N) is 2. The summed E-state index contributed by atoms with van der Waals surface area (Å²) < 4.78 is 6.36. The van der Waals surface area contributed by atoms with Crippen molar-refractivity contribution in [1.29, 1.82) is 0 Å². The Balaban J connectivity index is 1.65. The van der Waals surface area contributed by atoms with E-state index in [4.69, 9.17) is 4.74 Å². The van der Waals surface area contributed by atoms with Gasteiger partial charge in [0.15, 0.2) is 5.75 Å². The number of aromatic nitrogens is 1. The van der Waals surface area contributed by atoms with E-state index in [1.54, 1.807) is 41.4 Å². The molecule has 1 aromatic heterocycles. The number of ether oxygens (including phenoxy) is 1. The largest absolute Gasteiger partial charge is 0.486 e. The summed E-state index contributed by atoms with van der Waals surface area (Å²) in [4.78, 5) is 32.5. The topological polar surface area (TPSA) is 104 Å². The summed E-state index contributed by atoms with van der Waals surface area (Å²) in [5, 5.41) is 18.6. The molecule has 1 aliphatic heterocycles. The summed E-state index contributed by atoms with van der Waals surface area (Å²) >= 11 is 1.54. The van der Waals surface area contributed by atoms with E-state index in [0.29, 0.717) is 35.7 Å². The molecule has 0 aliphatic carbocycles. The quantitative estimate of drug-likeness (QED) is 0.465. The highest BCUT2D eigenvalue weighted by Gasteiger charge is 2.33. The third-order valence-corrected chi connectivity index (χ3v) is 6.99. The number of hydrogen-bond acceptors (Lipinski definition) is 7. The second kappa shape index (κ2) is 11.0. The van der Waals surface area contributed by atoms with Gasteiger partial charge in [-0.1, -0.05) is 25.1 Å². The molecular weight excluding hydrogens is 464 g/mol. The van der Waals surface area contributed by atoms with Crippen LogP contribution in [0.25, 0.3) is 10.6 Å². The van der Waals surface area contributed by atoms with Crippen LogP contribution in [0.5, 0.6) is 5.75 Å². The first-order chi connectivity index (χ1) is 16.9. The van der Waals surface area contributed by atoms with Gasteiger partial charge in [0.25, 0.3) is 11.8 Å². The van der Waals surface area contributed by atoms with Crippen LogP contribution in [0.1, 0.15) is 34.6 Å². The minimum Gasteiger partial charge on any atom is -0.486 e. The molecule has 2 amide bonds. The van der Waals surface area contributed by atoms with Crippen LogP contribution in [-0.2, 0) is 0 Å². The fraction of sp³-hybridized carbons (Fsp3) is 0.346. The predicted molar refractivity (Wildman–Crippen MR) is 137 cm³/mol. The number of thiazole rings is 1. The second-order valence-electron chi connectivity index (χ2n) is 8.73. The summed E-state index contributed by atoms with van der Waals surface area (Å²) in [5.74, 6) is -0.205. The van der Waals surface area contributed by atoms with Gasteiger partial charge in [-0.05, 0) is 38.2 Å². The van der Waals surface area contributed by atoms with Crippen molar-refractivity contribution in [2.24, 2.45) is 5.92 Å². The fourth-order valence-electron chi connectivity index (χ4n) is 4.11. The Bertz CT molecular complexity index is 1170. The summed E-state index contributed by atoms with van der Waals surface area (Å²) in [6.07, 6.45) is 1.51. The van der Waals surface area contributed by atoms with E-state index in [1.807, 2.05) is 38.4 Å². The zero-order chi connectivity index (χ0) is 24.9. The van der Waals surface area contributed by atoms with Gasteiger partial charge >= 0.3 is 0 Å². The molecule has 35 heavy (non-hydrogen) atoms. The van der Waals surface area contributed by atoms with Gasteiger partial charge in [-0.15, -0.1) is 11.3 Å². The Morgan fingerprint density at radius 1 is 1.29 bits per heavy atom. The number of rotatable bonds is 7. The van der Waals surface area contributed by atoms with E-state index >= 15 is 0 Å². The summed E-state index contributed by atoms with van der Waals surface area (Å²) in [7, 11) is 1.85. The van der Waals surface area contributed by atoms with Gasteiger partial charge in [-0.2, -0.15) is 0 Å². The molecule has 0 unspecified atom stereocenters. The van der Waals surface area contributed by atoms with Crippen LogP contribution < -0.4 is 15.4 Å². The first-order valence-corrected chi connectivity index (χ1v) is 12.5. The van der Waals surface area contributed by atoms with Gasteiger partial charge in [0.1, 0.15) is 11.1 Å². The van der Waals surface area contributed by atoms with E-state index in [9.17, 15) is 14.7 Å². The molecule has 4 rings (SSSR count). The van der Waals surface area contributed by atoms with Crippen molar-refractivity contribution >= 4 is 28.8 Å². The van der Waals surface area contributed by atoms with Crippen LogP contribution >= 0.6 is 11.3 Å². The number of hydrogen-bond donors (Lipinski definition) is 3. The smallest absolute Gasteiger partial charge is 0.258 e. The van der Waals surface area contributed by atoms with Crippen molar-refractivity contribution in [3.05, 3.63) is 65.2 Å². The molecule has 0 fully saturated rings. The number of anilines is 1. The van der Waals surface area contributed by atoms with Crippen molar-refractivity contribution in [3.63, 3.8) is 0 Å². The lowest BCUT2D eigenvalue weighted by molar-refractivity contribution is 0.0417. The first-order valence-electron chi connectivity index (χ1n) is 11.6. The van der Waals surface area contributed by atoms with Crippen LogP contribution in [0.2, 0.25) is 0 Å². The van der Waals surface area contributed by atoms with E-state index in [0.717, 1.165) is 10.6 Å². The number of carbonyl (C=O) groups is 2. The number of benzene rings is 2. The van der Waals surface area contributed by atoms with Gasteiger partial charge in [0.05, 0.1) is 23.9 Å². The van der Waals surface area contributed by atoms with Crippen molar-refractivity contribution in [2.75, 3.05) is 32.1 Å². The zero-order valence-corrected chi connectivity index (χ0v) is 20.8. The monoisotopic (exact) mass is 494 g/mol. The number of carbonyl (C=O) groups excluding carboxylic acids is 2. The third-order valence-electron chi connectivity index (χ3n) is 6.17. The molecule has 9 heteroatoms. The van der Waals surface area contributed by atoms with Crippen LogP contribution in [0.4, 0.5) is 5.69 Å². The molecule has 0 spiro atoms. The molecule has 2 heterocycles. The Hall–Kier alpha value is -3.27. The van der Waals surface area contributed by atoms with Crippen LogP contribution in [-0.4, -0.2) is 65.7 Å². The summed E-state index contributed by atoms with van der Waals surface area (Å²) in [6, 6.07) is 12.0. The van der Waals surface area contributed by atoms with Gasteiger partial charge in [0.2, 0.25) is 0 Å². The molecule has 3 aromatic rings. The lowest BCUT2D eigenvalue weighted by atomic mass is 9.99. The maximum atomic E-state index is 13.5. The standard InChI is InChI=1S/C26H30N4O4S/c1-16-14-30(17(2)15-31)26(33)20-5-4-6-21(23(20)34-22(16)13-27-3)29-24(32)18-7-9-19(10-8-18)25-28-11-12-35-25/h4-12,16-17,22,27,31H,13-15H2,1-3H3,(H,29,32)/t16-,17-,22+/m0/s1. The van der Waals surface area contributed by atoms with Crippen molar-refractivity contribution in [3.8, 4) is 16.3 Å². The molecule has 3 atom stereocenters. The molecule has 0 saturated heterocycles. The number of nitrogens with zero attached hydrogens (tertiary/aromatic N) is 2. The van der Waals surface area contributed by atoms with E-state index < -0.39 is 0 Å². The van der Waals surface area contributed by atoms with Crippen molar-refractivity contribution in [1.82, 2.24) is 15.2 Å². The maximum Gasteiger partial charge on any atom is 0.258 e.